The molecule has 3 aliphatic heterocycles. The Labute approximate surface area is 218 Å². The SMILES string of the molecule is CN1CCN(C(=O)[C@@H]2COC3(CCN(C(=O)c4ccc(F)cc4F)CC3)N2C(=O)c2ccc(F)cc2)CC1. The summed E-state index contributed by atoms with van der Waals surface area (Å²) in [6, 6.07) is 7.05. The Balaban J connectivity index is 1.39. The molecule has 0 bridgehead atoms. The van der Waals surface area contributed by atoms with Crippen molar-refractivity contribution in [2.75, 3.05) is 52.9 Å². The summed E-state index contributed by atoms with van der Waals surface area (Å²) in [6.45, 7) is 2.77. The Morgan fingerprint density at radius 3 is 2.08 bits per heavy atom. The summed E-state index contributed by atoms with van der Waals surface area (Å²) in [4.78, 5) is 47.1. The molecule has 3 saturated heterocycles. The van der Waals surface area contributed by atoms with E-state index in [0.29, 0.717) is 32.2 Å². The summed E-state index contributed by atoms with van der Waals surface area (Å²) in [5.41, 5.74) is -1.17. The molecule has 2 aromatic rings. The molecule has 3 amide bonds. The molecule has 3 heterocycles. The van der Waals surface area contributed by atoms with E-state index >= 15 is 0 Å². The topological polar surface area (TPSA) is 73.4 Å². The molecular formula is C27H29F3N4O4. The van der Waals surface area contributed by atoms with Crippen molar-refractivity contribution < 1.29 is 32.3 Å². The van der Waals surface area contributed by atoms with E-state index in [1.807, 2.05) is 7.05 Å². The lowest BCUT2D eigenvalue weighted by Crippen LogP contribution is -2.61. The second kappa shape index (κ2) is 10.4. The smallest absolute Gasteiger partial charge is 0.256 e. The van der Waals surface area contributed by atoms with Crippen LogP contribution in [0.4, 0.5) is 13.2 Å². The van der Waals surface area contributed by atoms with E-state index in [9.17, 15) is 27.6 Å². The van der Waals surface area contributed by atoms with Gasteiger partial charge in [-0.25, -0.2) is 13.2 Å². The second-order valence-electron chi connectivity index (χ2n) is 10.00. The summed E-state index contributed by atoms with van der Waals surface area (Å²) in [5, 5.41) is 0. The number of hydrogen-bond donors (Lipinski definition) is 0. The first-order valence-electron chi connectivity index (χ1n) is 12.6. The molecule has 38 heavy (non-hydrogen) atoms. The zero-order valence-corrected chi connectivity index (χ0v) is 21.0. The highest BCUT2D eigenvalue weighted by Crippen LogP contribution is 2.39. The first-order valence-corrected chi connectivity index (χ1v) is 12.6. The number of carbonyl (C=O) groups is 3. The van der Waals surface area contributed by atoms with Crippen LogP contribution in [0.3, 0.4) is 0 Å². The largest absolute Gasteiger partial charge is 0.353 e. The molecule has 3 fully saturated rings. The number of halogens is 3. The lowest BCUT2D eigenvalue weighted by Gasteiger charge is -2.45. The fourth-order valence-electron chi connectivity index (χ4n) is 5.42. The van der Waals surface area contributed by atoms with Gasteiger partial charge >= 0.3 is 0 Å². The van der Waals surface area contributed by atoms with Crippen molar-refractivity contribution in [1.29, 1.82) is 0 Å². The van der Waals surface area contributed by atoms with E-state index in [1.54, 1.807) is 4.90 Å². The molecule has 5 rings (SSSR count). The van der Waals surface area contributed by atoms with Crippen LogP contribution in [-0.2, 0) is 9.53 Å². The minimum absolute atomic E-state index is 0.00135. The number of piperidine rings is 1. The van der Waals surface area contributed by atoms with Gasteiger partial charge in [0.1, 0.15) is 29.2 Å². The third kappa shape index (κ3) is 4.88. The number of nitrogens with zero attached hydrogens (tertiary/aromatic N) is 4. The molecule has 0 aliphatic carbocycles. The van der Waals surface area contributed by atoms with Gasteiger partial charge in [0.05, 0.1) is 12.2 Å². The maximum atomic E-state index is 14.2. The molecule has 0 aromatic heterocycles. The van der Waals surface area contributed by atoms with Crippen LogP contribution in [0.15, 0.2) is 42.5 Å². The quantitative estimate of drug-likeness (QED) is 0.610. The van der Waals surface area contributed by atoms with Crippen molar-refractivity contribution in [3.8, 4) is 0 Å². The fraction of sp³-hybridized carbons (Fsp3) is 0.444. The van der Waals surface area contributed by atoms with Crippen LogP contribution in [0.5, 0.6) is 0 Å². The summed E-state index contributed by atoms with van der Waals surface area (Å²) < 4.78 is 47.3. The molecule has 1 atom stereocenters. The third-order valence-corrected chi connectivity index (χ3v) is 7.66. The number of likely N-dealkylation sites (tertiary alicyclic amines) is 1. The highest BCUT2D eigenvalue weighted by atomic mass is 19.1. The van der Waals surface area contributed by atoms with Crippen LogP contribution < -0.4 is 0 Å². The predicted molar refractivity (Wildman–Crippen MR) is 131 cm³/mol. The predicted octanol–water partition coefficient (Wildman–Crippen LogP) is 2.35. The van der Waals surface area contributed by atoms with Gasteiger partial charge in [-0.1, -0.05) is 0 Å². The Bertz CT molecular complexity index is 1230. The van der Waals surface area contributed by atoms with Crippen molar-refractivity contribution in [2.45, 2.75) is 24.6 Å². The van der Waals surface area contributed by atoms with Crippen molar-refractivity contribution >= 4 is 17.7 Å². The minimum Gasteiger partial charge on any atom is -0.353 e. The minimum atomic E-state index is -1.16. The molecule has 1 spiro atoms. The van der Waals surface area contributed by atoms with Crippen LogP contribution in [0.1, 0.15) is 33.6 Å². The van der Waals surface area contributed by atoms with Gasteiger partial charge in [0, 0.05) is 63.7 Å². The number of carbonyl (C=O) groups excluding carboxylic acids is 3. The van der Waals surface area contributed by atoms with Crippen LogP contribution in [-0.4, -0.2) is 102 Å². The molecule has 0 N–H and O–H groups in total. The Morgan fingerprint density at radius 2 is 1.45 bits per heavy atom. The molecule has 2 aromatic carbocycles. The standard InChI is InChI=1S/C27H29F3N4O4/c1-31-12-14-33(15-13-31)26(37)23-17-38-27(34(23)24(35)18-2-4-19(28)5-3-18)8-10-32(11-9-27)25(36)21-7-6-20(29)16-22(21)30/h2-7,16,23H,8-15,17H2,1H3/t23-/m0/s1. The van der Waals surface area contributed by atoms with Gasteiger partial charge < -0.3 is 19.4 Å². The van der Waals surface area contributed by atoms with Crippen molar-refractivity contribution in [1.82, 2.24) is 19.6 Å². The maximum absolute atomic E-state index is 14.2. The van der Waals surface area contributed by atoms with Gasteiger partial charge in [-0.2, -0.15) is 0 Å². The Morgan fingerprint density at radius 1 is 0.816 bits per heavy atom. The van der Waals surface area contributed by atoms with E-state index in [0.717, 1.165) is 12.1 Å². The van der Waals surface area contributed by atoms with Gasteiger partial charge in [-0.3, -0.25) is 19.3 Å². The van der Waals surface area contributed by atoms with Gasteiger partial charge in [0.15, 0.2) is 0 Å². The molecule has 11 heteroatoms. The number of hydrogen-bond acceptors (Lipinski definition) is 5. The lowest BCUT2D eigenvalue weighted by molar-refractivity contribution is -0.139. The number of piperazine rings is 1. The van der Waals surface area contributed by atoms with Crippen molar-refractivity contribution in [3.05, 3.63) is 71.0 Å². The van der Waals surface area contributed by atoms with Crippen LogP contribution in [0.25, 0.3) is 0 Å². The van der Waals surface area contributed by atoms with Crippen LogP contribution in [0.2, 0.25) is 0 Å². The number of ether oxygens (including phenoxy) is 1. The summed E-state index contributed by atoms with van der Waals surface area (Å²) >= 11 is 0. The first-order chi connectivity index (χ1) is 18.2. The number of rotatable bonds is 3. The van der Waals surface area contributed by atoms with Crippen LogP contribution >= 0.6 is 0 Å². The monoisotopic (exact) mass is 530 g/mol. The highest BCUT2D eigenvalue weighted by molar-refractivity contribution is 5.98. The van der Waals surface area contributed by atoms with Gasteiger partial charge in [-0.15, -0.1) is 0 Å². The van der Waals surface area contributed by atoms with Gasteiger partial charge in [0.2, 0.25) is 5.91 Å². The molecule has 202 valence electrons. The average Bonchev–Trinajstić information content (AvgIpc) is 3.27. The highest BCUT2D eigenvalue weighted by Gasteiger charge is 2.55. The van der Waals surface area contributed by atoms with E-state index < -0.39 is 41.0 Å². The van der Waals surface area contributed by atoms with E-state index in [-0.39, 0.29) is 49.6 Å². The van der Waals surface area contributed by atoms with Crippen molar-refractivity contribution in [3.63, 3.8) is 0 Å². The Kier molecular flexibility index (Phi) is 7.15. The zero-order valence-electron chi connectivity index (χ0n) is 21.0. The van der Waals surface area contributed by atoms with Crippen LogP contribution in [0, 0.1) is 17.5 Å². The molecule has 0 unspecified atom stereocenters. The zero-order chi connectivity index (χ0) is 27.0. The van der Waals surface area contributed by atoms with E-state index in [4.69, 9.17) is 4.74 Å². The molecule has 8 nitrogen and oxygen atoms in total. The summed E-state index contributed by atoms with van der Waals surface area (Å²) in [5.74, 6) is -3.47. The first kappa shape index (κ1) is 26.2. The fourth-order valence-corrected chi connectivity index (χ4v) is 5.42. The summed E-state index contributed by atoms with van der Waals surface area (Å²) in [7, 11) is 1.98. The molecule has 3 aliphatic rings. The summed E-state index contributed by atoms with van der Waals surface area (Å²) in [6.07, 6.45) is 0.391. The number of amides is 3. The van der Waals surface area contributed by atoms with Gasteiger partial charge in [0.25, 0.3) is 11.8 Å². The number of benzene rings is 2. The second-order valence-corrected chi connectivity index (χ2v) is 10.00. The van der Waals surface area contributed by atoms with Gasteiger partial charge in [-0.05, 0) is 43.4 Å². The molecule has 0 radical (unpaired) electrons. The molecular weight excluding hydrogens is 501 g/mol. The Hall–Kier alpha value is -3.44. The number of likely N-dealkylation sites (N-methyl/N-ethyl adjacent to an activating group) is 1. The van der Waals surface area contributed by atoms with Crippen molar-refractivity contribution in [2.24, 2.45) is 0 Å². The van der Waals surface area contributed by atoms with E-state index in [1.165, 1.54) is 34.1 Å². The normalized spacial score (nSPS) is 21.7. The maximum Gasteiger partial charge on any atom is 0.256 e. The molecule has 0 saturated carbocycles. The average molecular weight is 531 g/mol. The van der Waals surface area contributed by atoms with E-state index in [2.05, 4.69) is 4.90 Å². The third-order valence-electron chi connectivity index (χ3n) is 7.66. The lowest BCUT2D eigenvalue weighted by atomic mass is 9.96.